The van der Waals surface area contributed by atoms with Crippen molar-refractivity contribution in [1.82, 2.24) is 4.90 Å². The maximum Gasteiger partial charge on any atom is 0.317 e. The predicted molar refractivity (Wildman–Crippen MR) is 72.1 cm³/mol. The van der Waals surface area contributed by atoms with E-state index in [9.17, 15) is 4.79 Å². The number of rotatable bonds is 9. The van der Waals surface area contributed by atoms with Crippen LogP contribution in [0.25, 0.3) is 0 Å². The molecule has 5 nitrogen and oxygen atoms in total. The third-order valence-electron chi connectivity index (χ3n) is 2.87. The fraction of sp³-hybridized carbons (Fsp3) is 0.500. The fourth-order valence-electron chi connectivity index (χ4n) is 1.97. The Morgan fingerprint density at radius 1 is 1.26 bits per heavy atom. The van der Waals surface area contributed by atoms with Gasteiger partial charge in [0.2, 0.25) is 0 Å². The number of carboxylic acids is 1. The Morgan fingerprint density at radius 3 is 2.47 bits per heavy atom. The van der Waals surface area contributed by atoms with Crippen LogP contribution < -0.4 is 0 Å². The highest BCUT2D eigenvalue weighted by Crippen LogP contribution is 2.20. The summed E-state index contributed by atoms with van der Waals surface area (Å²) in [5.41, 5.74) is 1.04. The van der Waals surface area contributed by atoms with Crippen LogP contribution in [0.2, 0.25) is 0 Å². The average Bonchev–Trinajstić information content (AvgIpc) is 2.41. The van der Waals surface area contributed by atoms with E-state index < -0.39 is 5.97 Å². The summed E-state index contributed by atoms with van der Waals surface area (Å²) in [6.45, 7) is 1.44. The zero-order valence-corrected chi connectivity index (χ0v) is 11.4. The lowest BCUT2D eigenvalue weighted by Crippen LogP contribution is -2.38. The smallest absolute Gasteiger partial charge is 0.317 e. The van der Waals surface area contributed by atoms with Crippen molar-refractivity contribution in [3.05, 3.63) is 35.9 Å². The molecule has 1 aromatic carbocycles. The Balaban J connectivity index is 2.87. The molecule has 1 aromatic rings. The van der Waals surface area contributed by atoms with E-state index in [0.29, 0.717) is 19.8 Å². The zero-order chi connectivity index (χ0) is 14.1. The molecule has 0 radical (unpaired) electrons. The highest BCUT2D eigenvalue weighted by Gasteiger charge is 2.22. The molecule has 0 heterocycles. The Hall–Kier alpha value is -1.43. The molecule has 1 atom stereocenters. The topological polar surface area (TPSA) is 59.0 Å². The number of ether oxygens (including phenoxy) is 2. The SMILES string of the molecule is COCCN(CC(=O)O)C(COC)c1ccccc1. The van der Waals surface area contributed by atoms with Crippen LogP contribution in [0.3, 0.4) is 0 Å². The molecule has 0 bridgehead atoms. The Labute approximate surface area is 113 Å². The maximum absolute atomic E-state index is 11.0. The van der Waals surface area contributed by atoms with Crippen LogP contribution in [-0.4, -0.2) is 56.5 Å². The minimum absolute atomic E-state index is 0.0354. The lowest BCUT2D eigenvalue weighted by molar-refractivity contribution is -0.139. The van der Waals surface area contributed by atoms with E-state index in [2.05, 4.69) is 0 Å². The summed E-state index contributed by atoms with van der Waals surface area (Å²) in [5, 5.41) is 9.02. The maximum atomic E-state index is 11.0. The van der Waals surface area contributed by atoms with Gasteiger partial charge in [0.05, 0.1) is 25.8 Å². The minimum atomic E-state index is -0.854. The summed E-state index contributed by atoms with van der Waals surface area (Å²) < 4.78 is 10.3. The van der Waals surface area contributed by atoms with Gasteiger partial charge in [-0.1, -0.05) is 30.3 Å². The molecule has 0 saturated carbocycles. The molecule has 0 amide bonds. The van der Waals surface area contributed by atoms with Crippen molar-refractivity contribution in [2.45, 2.75) is 6.04 Å². The monoisotopic (exact) mass is 267 g/mol. The number of nitrogens with zero attached hydrogens (tertiary/aromatic N) is 1. The van der Waals surface area contributed by atoms with Gasteiger partial charge in [-0.3, -0.25) is 9.69 Å². The number of methoxy groups -OCH3 is 2. The molecule has 1 rings (SSSR count). The molecular weight excluding hydrogens is 246 g/mol. The van der Waals surface area contributed by atoms with Crippen molar-refractivity contribution >= 4 is 5.97 Å². The summed E-state index contributed by atoms with van der Waals surface area (Å²) >= 11 is 0. The Kier molecular flexibility index (Phi) is 7.10. The highest BCUT2D eigenvalue weighted by atomic mass is 16.5. The third kappa shape index (κ3) is 5.38. The van der Waals surface area contributed by atoms with Crippen LogP contribution in [0.4, 0.5) is 0 Å². The molecule has 0 aliphatic heterocycles. The number of hydrogen-bond donors (Lipinski definition) is 1. The van der Waals surface area contributed by atoms with Crippen molar-refractivity contribution in [3.8, 4) is 0 Å². The molecule has 0 aliphatic carbocycles. The molecule has 5 heteroatoms. The molecule has 0 fully saturated rings. The molecular formula is C14H21NO4. The van der Waals surface area contributed by atoms with Crippen LogP contribution in [0.1, 0.15) is 11.6 Å². The summed E-state index contributed by atoms with van der Waals surface area (Å²) in [5.74, 6) is -0.854. The lowest BCUT2D eigenvalue weighted by Gasteiger charge is -2.30. The number of hydrogen-bond acceptors (Lipinski definition) is 4. The summed E-state index contributed by atoms with van der Waals surface area (Å²) in [4.78, 5) is 12.8. The molecule has 0 spiro atoms. The first-order valence-electron chi connectivity index (χ1n) is 6.17. The van der Waals surface area contributed by atoms with Gasteiger partial charge in [-0.15, -0.1) is 0 Å². The lowest BCUT2D eigenvalue weighted by atomic mass is 10.1. The normalized spacial score (nSPS) is 12.6. The van der Waals surface area contributed by atoms with Gasteiger partial charge in [-0.25, -0.2) is 0 Å². The number of benzene rings is 1. The van der Waals surface area contributed by atoms with E-state index in [-0.39, 0.29) is 12.6 Å². The second-order valence-electron chi connectivity index (χ2n) is 4.24. The van der Waals surface area contributed by atoms with Crippen LogP contribution in [0, 0.1) is 0 Å². The average molecular weight is 267 g/mol. The number of carbonyl (C=O) groups is 1. The van der Waals surface area contributed by atoms with Gasteiger partial charge in [0.25, 0.3) is 0 Å². The van der Waals surface area contributed by atoms with Gasteiger partial charge in [0, 0.05) is 20.8 Å². The van der Waals surface area contributed by atoms with Crippen molar-refractivity contribution < 1.29 is 19.4 Å². The van der Waals surface area contributed by atoms with Crippen molar-refractivity contribution in [1.29, 1.82) is 0 Å². The van der Waals surface area contributed by atoms with Crippen molar-refractivity contribution in [2.75, 3.05) is 40.5 Å². The molecule has 0 aromatic heterocycles. The second-order valence-corrected chi connectivity index (χ2v) is 4.24. The van der Waals surface area contributed by atoms with E-state index >= 15 is 0 Å². The number of aliphatic carboxylic acids is 1. The standard InChI is InChI=1S/C14H21NO4/c1-18-9-8-15(10-14(16)17)13(11-19-2)12-6-4-3-5-7-12/h3-7,13H,8-11H2,1-2H3,(H,16,17). The van der Waals surface area contributed by atoms with Gasteiger partial charge in [-0.05, 0) is 5.56 Å². The third-order valence-corrected chi connectivity index (χ3v) is 2.87. The van der Waals surface area contributed by atoms with E-state index in [0.717, 1.165) is 5.56 Å². The van der Waals surface area contributed by atoms with Gasteiger partial charge >= 0.3 is 5.97 Å². The predicted octanol–water partition coefficient (Wildman–Crippen LogP) is 1.41. The van der Waals surface area contributed by atoms with Crippen LogP contribution in [-0.2, 0) is 14.3 Å². The molecule has 1 N–H and O–H groups in total. The molecule has 106 valence electrons. The molecule has 0 saturated heterocycles. The van der Waals surface area contributed by atoms with Gasteiger partial charge < -0.3 is 14.6 Å². The first-order valence-corrected chi connectivity index (χ1v) is 6.17. The largest absolute Gasteiger partial charge is 0.480 e. The second kappa shape index (κ2) is 8.63. The van der Waals surface area contributed by atoms with E-state index in [1.54, 1.807) is 14.2 Å². The van der Waals surface area contributed by atoms with Crippen molar-refractivity contribution in [3.63, 3.8) is 0 Å². The molecule has 0 aliphatic rings. The first-order chi connectivity index (χ1) is 9.19. The van der Waals surface area contributed by atoms with Gasteiger partial charge in [0.15, 0.2) is 0 Å². The summed E-state index contributed by atoms with van der Waals surface area (Å²) in [6, 6.07) is 9.68. The highest BCUT2D eigenvalue weighted by molar-refractivity contribution is 5.69. The Morgan fingerprint density at radius 2 is 1.95 bits per heavy atom. The Bertz CT molecular complexity index is 369. The minimum Gasteiger partial charge on any atom is -0.480 e. The van der Waals surface area contributed by atoms with E-state index in [1.165, 1.54) is 0 Å². The number of carboxylic acid groups (broad SMARTS) is 1. The van der Waals surface area contributed by atoms with E-state index in [1.807, 2.05) is 35.2 Å². The molecule has 1 unspecified atom stereocenters. The summed E-state index contributed by atoms with van der Waals surface area (Å²) in [6.07, 6.45) is 0. The van der Waals surface area contributed by atoms with Gasteiger partial charge in [-0.2, -0.15) is 0 Å². The van der Waals surface area contributed by atoms with Crippen LogP contribution in [0.5, 0.6) is 0 Å². The van der Waals surface area contributed by atoms with Gasteiger partial charge in [0.1, 0.15) is 0 Å². The quantitative estimate of drug-likeness (QED) is 0.733. The van der Waals surface area contributed by atoms with Crippen LogP contribution in [0.15, 0.2) is 30.3 Å². The first kappa shape index (κ1) is 15.6. The fourth-order valence-corrected chi connectivity index (χ4v) is 1.97. The van der Waals surface area contributed by atoms with Crippen molar-refractivity contribution in [2.24, 2.45) is 0 Å². The zero-order valence-electron chi connectivity index (χ0n) is 11.4. The molecule has 19 heavy (non-hydrogen) atoms. The van der Waals surface area contributed by atoms with E-state index in [4.69, 9.17) is 14.6 Å². The van der Waals surface area contributed by atoms with Crippen LogP contribution >= 0.6 is 0 Å². The summed E-state index contributed by atoms with van der Waals surface area (Å²) in [7, 11) is 3.22.